The fourth-order valence-corrected chi connectivity index (χ4v) is 2.16. The number of methoxy groups -OCH3 is 1. The van der Waals surface area contributed by atoms with Gasteiger partial charge in [0.1, 0.15) is 0 Å². The smallest absolute Gasteiger partial charge is 0.384 e. The first kappa shape index (κ1) is 12.5. The molecular formula is C15H17NO2. The van der Waals surface area contributed by atoms with Crippen molar-refractivity contribution in [2.75, 3.05) is 25.1 Å². The molecule has 1 aliphatic heterocycles. The lowest BCUT2D eigenvalue weighted by molar-refractivity contribution is -0.133. The highest BCUT2D eigenvalue weighted by Crippen LogP contribution is 2.23. The highest BCUT2D eigenvalue weighted by atomic mass is 16.5. The van der Waals surface area contributed by atoms with E-state index in [4.69, 9.17) is 0 Å². The van der Waals surface area contributed by atoms with Crippen LogP contribution in [0.5, 0.6) is 0 Å². The summed E-state index contributed by atoms with van der Waals surface area (Å²) in [5.41, 5.74) is 2.01. The van der Waals surface area contributed by atoms with Crippen LogP contribution in [0.1, 0.15) is 24.8 Å². The van der Waals surface area contributed by atoms with E-state index >= 15 is 0 Å². The minimum atomic E-state index is -0.497. The fourth-order valence-electron chi connectivity index (χ4n) is 2.16. The van der Waals surface area contributed by atoms with Crippen LogP contribution in [-0.2, 0) is 9.53 Å². The van der Waals surface area contributed by atoms with E-state index in [9.17, 15) is 4.79 Å². The van der Waals surface area contributed by atoms with Crippen LogP contribution >= 0.6 is 0 Å². The second-order valence-electron chi connectivity index (χ2n) is 4.31. The predicted octanol–water partition coefficient (Wildman–Crippen LogP) is 2.20. The number of rotatable bonds is 1. The van der Waals surface area contributed by atoms with Crippen molar-refractivity contribution in [3.05, 3.63) is 29.8 Å². The van der Waals surface area contributed by atoms with Crippen LogP contribution in [-0.4, -0.2) is 26.2 Å². The number of carbonyl (C=O) groups excluding carboxylic acids is 1. The van der Waals surface area contributed by atoms with Crippen molar-refractivity contribution in [2.45, 2.75) is 19.3 Å². The molecule has 2 rings (SSSR count). The molecule has 1 aliphatic rings. The third kappa shape index (κ3) is 3.04. The molecule has 94 valence electrons. The van der Waals surface area contributed by atoms with Gasteiger partial charge in [-0.3, -0.25) is 0 Å². The van der Waals surface area contributed by atoms with E-state index < -0.39 is 5.97 Å². The van der Waals surface area contributed by atoms with Crippen LogP contribution in [0.2, 0.25) is 0 Å². The van der Waals surface area contributed by atoms with Crippen LogP contribution in [0, 0.1) is 11.8 Å². The summed E-state index contributed by atoms with van der Waals surface area (Å²) in [6, 6.07) is 7.95. The lowest BCUT2D eigenvalue weighted by Crippen LogP contribution is -2.29. The highest BCUT2D eigenvalue weighted by molar-refractivity contribution is 5.89. The molecule has 0 radical (unpaired) electrons. The van der Waals surface area contributed by atoms with Gasteiger partial charge in [-0.05, 0) is 31.4 Å². The first-order valence-corrected chi connectivity index (χ1v) is 6.25. The molecule has 0 aliphatic carbocycles. The maximum absolute atomic E-state index is 11.1. The van der Waals surface area contributed by atoms with Crippen molar-refractivity contribution >= 4 is 11.7 Å². The molecule has 0 spiro atoms. The molecule has 1 saturated heterocycles. The number of carbonyl (C=O) groups is 1. The standard InChI is InChI=1S/C15H17NO2/c1-18-15(17)10-9-13-7-3-4-8-14(13)16-11-5-2-6-12-16/h3-4,7-8H,2,5-6,11-12H2,1H3. The number of benzene rings is 1. The molecular weight excluding hydrogens is 226 g/mol. The molecule has 3 heteroatoms. The van der Waals surface area contributed by atoms with Crippen LogP contribution in [0.15, 0.2) is 24.3 Å². The maximum atomic E-state index is 11.1. The van der Waals surface area contributed by atoms with Crippen molar-refractivity contribution in [1.82, 2.24) is 0 Å². The topological polar surface area (TPSA) is 29.5 Å². The first-order valence-electron chi connectivity index (χ1n) is 6.25. The number of anilines is 1. The summed E-state index contributed by atoms with van der Waals surface area (Å²) in [6.45, 7) is 2.13. The molecule has 0 aromatic heterocycles. The fraction of sp³-hybridized carbons (Fsp3) is 0.400. The third-order valence-corrected chi connectivity index (χ3v) is 3.09. The summed E-state index contributed by atoms with van der Waals surface area (Å²) in [5, 5.41) is 0. The number of esters is 1. The Bertz CT molecular complexity index is 479. The van der Waals surface area contributed by atoms with E-state index in [-0.39, 0.29) is 0 Å². The average Bonchev–Trinajstić information content (AvgIpc) is 2.46. The largest absolute Gasteiger partial charge is 0.459 e. The van der Waals surface area contributed by atoms with Gasteiger partial charge in [0.2, 0.25) is 0 Å². The van der Waals surface area contributed by atoms with E-state index in [1.165, 1.54) is 26.4 Å². The number of piperidine rings is 1. The van der Waals surface area contributed by atoms with E-state index in [0.29, 0.717) is 0 Å². The van der Waals surface area contributed by atoms with Crippen molar-refractivity contribution < 1.29 is 9.53 Å². The summed E-state index contributed by atoms with van der Waals surface area (Å²) in [7, 11) is 1.34. The van der Waals surface area contributed by atoms with Gasteiger partial charge in [0.05, 0.1) is 12.8 Å². The van der Waals surface area contributed by atoms with Gasteiger partial charge in [0.15, 0.2) is 0 Å². The number of para-hydroxylation sites is 1. The van der Waals surface area contributed by atoms with Gasteiger partial charge in [-0.1, -0.05) is 18.1 Å². The Kier molecular flexibility index (Phi) is 4.25. The van der Waals surface area contributed by atoms with Crippen LogP contribution in [0.4, 0.5) is 5.69 Å². The van der Waals surface area contributed by atoms with Crippen LogP contribution in [0.25, 0.3) is 0 Å². The van der Waals surface area contributed by atoms with E-state index in [1.54, 1.807) is 0 Å². The molecule has 0 unspecified atom stereocenters. The molecule has 0 bridgehead atoms. The second kappa shape index (κ2) is 6.11. The number of nitrogens with zero attached hydrogens (tertiary/aromatic N) is 1. The van der Waals surface area contributed by atoms with Crippen LogP contribution < -0.4 is 4.90 Å². The lowest BCUT2D eigenvalue weighted by Gasteiger charge is -2.29. The van der Waals surface area contributed by atoms with Gasteiger partial charge in [0, 0.05) is 24.6 Å². The van der Waals surface area contributed by atoms with E-state index in [2.05, 4.69) is 27.5 Å². The normalized spacial score (nSPS) is 14.6. The lowest BCUT2D eigenvalue weighted by atomic mass is 10.1. The molecule has 1 heterocycles. The number of hydrogen-bond donors (Lipinski definition) is 0. The Morgan fingerprint density at radius 2 is 1.94 bits per heavy atom. The Morgan fingerprint density at radius 3 is 2.67 bits per heavy atom. The second-order valence-corrected chi connectivity index (χ2v) is 4.31. The van der Waals surface area contributed by atoms with Crippen molar-refractivity contribution in [2.24, 2.45) is 0 Å². The predicted molar refractivity (Wildman–Crippen MR) is 71.4 cm³/mol. The Balaban J connectivity index is 2.23. The summed E-state index contributed by atoms with van der Waals surface area (Å²) in [5.74, 6) is 4.89. The molecule has 1 aromatic carbocycles. The molecule has 0 atom stereocenters. The molecule has 0 amide bonds. The van der Waals surface area contributed by atoms with E-state index in [1.807, 2.05) is 18.2 Å². The Hall–Kier alpha value is -1.95. The number of ether oxygens (including phenoxy) is 1. The van der Waals surface area contributed by atoms with Crippen molar-refractivity contribution in [3.63, 3.8) is 0 Å². The van der Waals surface area contributed by atoms with Crippen molar-refractivity contribution in [1.29, 1.82) is 0 Å². The van der Waals surface area contributed by atoms with Gasteiger partial charge in [-0.15, -0.1) is 0 Å². The summed E-state index contributed by atoms with van der Waals surface area (Å²) >= 11 is 0. The SMILES string of the molecule is COC(=O)C#Cc1ccccc1N1CCCCC1. The van der Waals surface area contributed by atoms with Gasteiger partial charge in [0.25, 0.3) is 0 Å². The molecule has 1 aromatic rings. The van der Waals surface area contributed by atoms with Gasteiger partial charge < -0.3 is 9.64 Å². The minimum Gasteiger partial charge on any atom is -0.459 e. The maximum Gasteiger partial charge on any atom is 0.384 e. The molecule has 3 nitrogen and oxygen atoms in total. The Labute approximate surface area is 108 Å². The molecule has 1 fully saturated rings. The third-order valence-electron chi connectivity index (χ3n) is 3.09. The zero-order valence-corrected chi connectivity index (χ0v) is 10.6. The summed E-state index contributed by atoms with van der Waals surface area (Å²) in [4.78, 5) is 13.4. The molecule has 18 heavy (non-hydrogen) atoms. The van der Waals surface area contributed by atoms with Gasteiger partial charge >= 0.3 is 5.97 Å². The highest BCUT2D eigenvalue weighted by Gasteiger charge is 2.13. The summed E-state index contributed by atoms with van der Waals surface area (Å²) in [6.07, 6.45) is 3.74. The van der Waals surface area contributed by atoms with Gasteiger partial charge in [-0.25, -0.2) is 4.79 Å². The molecule has 0 N–H and O–H groups in total. The quantitative estimate of drug-likeness (QED) is 0.559. The van der Waals surface area contributed by atoms with E-state index in [0.717, 1.165) is 24.3 Å². The average molecular weight is 243 g/mol. The first-order chi connectivity index (χ1) is 8.81. The summed E-state index contributed by atoms with van der Waals surface area (Å²) < 4.78 is 4.53. The van der Waals surface area contributed by atoms with Crippen molar-refractivity contribution in [3.8, 4) is 11.8 Å². The number of hydrogen-bond acceptors (Lipinski definition) is 3. The minimum absolute atomic E-state index is 0.497. The molecule has 0 saturated carbocycles. The monoisotopic (exact) mass is 243 g/mol. The van der Waals surface area contributed by atoms with Crippen LogP contribution in [0.3, 0.4) is 0 Å². The Morgan fingerprint density at radius 1 is 1.22 bits per heavy atom. The zero-order chi connectivity index (χ0) is 12.8. The zero-order valence-electron chi connectivity index (χ0n) is 10.6. The van der Waals surface area contributed by atoms with Gasteiger partial charge in [-0.2, -0.15) is 0 Å².